The number of ether oxygens (including phenoxy) is 2. The molecule has 0 saturated heterocycles. The highest BCUT2D eigenvalue weighted by molar-refractivity contribution is 5.94. The van der Waals surface area contributed by atoms with E-state index in [0.29, 0.717) is 6.20 Å². The van der Waals surface area contributed by atoms with Crippen molar-refractivity contribution in [3.63, 3.8) is 0 Å². The van der Waals surface area contributed by atoms with E-state index in [0.717, 1.165) is 7.11 Å². The minimum Gasteiger partial charge on any atom is -0.505 e. The zero-order chi connectivity index (χ0) is 13.9. The number of aromatic hydroxyl groups is 1. The van der Waals surface area contributed by atoms with E-state index >= 15 is 0 Å². The van der Waals surface area contributed by atoms with E-state index < -0.39 is 36.1 Å². The molecule has 6 nitrogen and oxygen atoms in total. The highest BCUT2D eigenvalue weighted by atomic mass is 19.4. The molecule has 18 heavy (non-hydrogen) atoms. The summed E-state index contributed by atoms with van der Waals surface area (Å²) in [5.41, 5.74) is 4.33. The molecule has 0 aromatic carbocycles. The number of nitrogens with zero attached hydrogens (tertiary/aromatic N) is 1. The average Bonchev–Trinajstić information content (AvgIpc) is 2.28. The number of alkyl halides is 3. The van der Waals surface area contributed by atoms with Crippen LogP contribution in [0.4, 0.5) is 13.2 Å². The number of carbonyl (C=O) groups excluding carboxylic acids is 1. The van der Waals surface area contributed by atoms with Crippen molar-refractivity contribution in [3.8, 4) is 11.6 Å². The van der Waals surface area contributed by atoms with Crippen LogP contribution >= 0.6 is 0 Å². The fraction of sp³-hybridized carbons (Fsp3) is 0.333. The largest absolute Gasteiger partial charge is 0.574 e. The first-order valence-electron chi connectivity index (χ1n) is 4.55. The summed E-state index contributed by atoms with van der Waals surface area (Å²) in [4.78, 5) is 14.6. The molecule has 100 valence electrons. The smallest absolute Gasteiger partial charge is 0.505 e. The lowest BCUT2D eigenvalue weighted by Crippen LogP contribution is -2.21. The van der Waals surface area contributed by atoms with Crippen molar-refractivity contribution in [2.24, 2.45) is 5.73 Å². The average molecular weight is 266 g/mol. The summed E-state index contributed by atoms with van der Waals surface area (Å²) in [6.45, 7) is -0.489. The van der Waals surface area contributed by atoms with Crippen molar-refractivity contribution >= 4 is 5.97 Å². The summed E-state index contributed by atoms with van der Waals surface area (Å²) >= 11 is 0. The Hall–Kier alpha value is -2.03. The third-order valence-electron chi connectivity index (χ3n) is 1.93. The first kappa shape index (κ1) is 14.0. The molecule has 0 aliphatic heterocycles. The van der Waals surface area contributed by atoms with Crippen LogP contribution in [-0.4, -0.2) is 29.5 Å². The number of halogens is 3. The minimum atomic E-state index is -4.98. The van der Waals surface area contributed by atoms with E-state index in [1.54, 1.807) is 0 Å². The van der Waals surface area contributed by atoms with Crippen LogP contribution in [0.3, 0.4) is 0 Å². The summed E-state index contributed by atoms with van der Waals surface area (Å²) in [6, 6.07) is 0. The molecule has 0 bridgehead atoms. The lowest BCUT2D eigenvalue weighted by Gasteiger charge is -2.14. The summed E-state index contributed by atoms with van der Waals surface area (Å²) in [5, 5.41) is 9.39. The van der Waals surface area contributed by atoms with Gasteiger partial charge in [0.2, 0.25) is 5.88 Å². The van der Waals surface area contributed by atoms with Crippen molar-refractivity contribution in [2.75, 3.05) is 7.11 Å². The standard InChI is InChI=1S/C9H9F3N2O4/c1-17-8(16)6-4(2-13)7(14-3-5(6)15)18-9(10,11)12/h3,15H,2,13H2,1H3. The van der Waals surface area contributed by atoms with E-state index in [2.05, 4.69) is 14.5 Å². The highest BCUT2D eigenvalue weighted by Crippen LogP contribution is 2.31. The molecule has 0 amide bonds. The van der Waals surface area contributed by atoms with Crippen LogP contribution in [0.15, 0.2) is 6.20 Å². The van der Waals surface area contributed by atoms with Crippen molar-refractivity contribution in [3.05, 3.63) is 17.3 Å². The number of aromatic nitrogens is 1. The number of hydrogen-bond acceptors (Lipinski definition) is 6. The molecule has 0 saturated carbocycles. The molecule has 9 heteroatoms. The maximum absolute atomic E-state index is 12.1. The number of esters is 1. The van der Waals surface area contributed by atoms with Crippen LogP contribution < -0.4 is 10.5 Å². The van der Waals surface area contributed by atoms with E-state index in [-0.39, 0.29) is 5.56 Å². The van der Waals surface area contributed by atoms with Crippen molar-refractivity contribution < 1.29 is 32.5 Å². The second-order valence-electron chi connectivity index (χ2n) is 3.05. The molecule has 0 aliphatic carbocycles. The van der Waals surface area contributed by atoms with Crippen LogP contribution in [0, 0.1) is 0 Å². The summed E-state index contributed by atoms with van der Waals surface area (Å²) < 4.78 is 44.2. The molecule has 1 aromatic heterocycles. The summed E-state index contributed by atoms with van der Waals surface area (Å²) in [5.74, 6) is -2.58. The van der Waals surface area contributed by atoms with Gasteiger partial charge >= 0.3 is 12.3 Å². The fourth-order valence-electron chi connectivity index (χ4n) is 1.24. The van der Waals surface area contributed by atoms with Crippen molar-refractivity contribution in [2.45, 2.75) is 12.9 Å². The van der Waals surface area contributed by atoms with Gasteiger partial charge in [0.05, 0.1) is 13.3 Å². The zero-order valence-electron chi connectivity index (χ0n) is 9.11. The number of rotatable bonds is 3. The number of carbonyl (C=O) groups is 1. The number of pyridine rings is 1. The Morgan fingerprint density at radius 2 is 2.17 bits per heavy atom. The van der Waals surface area contributed by atoms with E-state index in [1.807, 2.05) is 0 Å². The lowest BCUT2D eigenvalue weighted by molar-refractivity contribution is -0.276. The van der Waals surface area contributed by atoms with Gasteiger partial charge in [-0.05, 0) is 0 Å². The maximum atomic E-state index is 12.1. The SMILES string of the molecule is COC(=O)c1c(O)cnc(OC(F)(F)F)c1CN. The molecule has 1 heterocycles. The van der Waals surface area contributed by atoms with Gasteiger partial charge in [0.25, 0.3) is 0 Å². The fourth-order valence-corrected chi connectivity index (χ4v) is 1.24. The van der Waals surface area contributed by atoms with Crippen LogP contribution in [0.5, 0.6) is 11.6 Å². The minimum absolute atomic E-state index is 0.390. The molecule has 0 aliphatic rings. The Morgan fingerprint density at radius 1 is 1.56 bits per heavy atom. The van der Waals surface area contributed by atoms with Crippen molar-refractivity contribution in [1.82, 2.24) is 4.98 Å². The normalized spacial score (nSPS) is 11.2. The number of methoxy groups -OCH3 is 1. The summed E-state index contributed by atoms with van der Waals surface area (Å²) in [7, 11) is 1.01. The Balaban J connectivity index is 3.34. The monoisotopic (exact) mass is 266 g/mol. The summed E-state index contributed by atoms with van der Waals surface area (Å²) in [6.07, 6.45) is -4.34. The molecule has 0 radical (unpaired) electrons. The molecule has 0 spiro atoms. The Morgan fingerprint density at radius 3 is 2.61 bits per heavy atom. The van der Waals surface area contributed by atoms with E-state index in [4.69, 9.17) is 5.73 Å². The molecule has 3 N–H and O–H groups in total. The van der Waals surface area contributed by atoms with Crippen LogP contribution in [0.2, 0.25) is 0 Å². The van der Waals surface area contributed by atoms with Gasteiger partial charge in [-0.15, -0.1) is 13.2 Å². The van der Waals surface area contributed by atoms with Crippen LogP contribution in [0.1, 0.15) is 15.9 Å². The molecular formula is C9H9F3N2O4. The molecule has 0 atom stereocenters. The van der Waals surface area contributed by atoms with Crippen molar-refractivity contribution in [1.29, 1.82) is 0 Å². The molecular weight excluding hydrogens is 257 g/mol. The zero-order valence-corrected chi connectivity index (χ0v) is 9.11. The number of hydrogen-bond donors (Lipinski definition) is 2. The topological polar surface area (TPSA) is 94.7 Å². The van der Waals surface area contributed by atoms with Crippen LogP contribution in [0.25, 0.3) is 0 Å². The Labute approximate surface area is 99.1 Å². The van der Waals surface area contributed by atoms with Gasteiger partial charge in [-0.3, -0.25) is 0 Å². The molecule has 1 aromatic rings. The second kappa shape index (κ2) is 5.08. The second-order valence-corrected chi connectivity index (χ2v) is 3.05. The highest BCUT2D eigenvalue weighted by Gasteiger charge is 2.34. The third-order valence-corrected chi connectivity index (χ3v) is 1.93. The van der Waals surface area contributed by atoms with E-state index in [1.165, 1.54) is 0 Å². The van der Waals surface area contributed by atoms with Gasteiger partial charge in [0.1, 0.15) is 11.3 Å². The molecule has 0 fully saturated rings. The third kappa shape index (κ3) is 3.00. The van der Waals surface area contributed by atoms with Gasteiger partial charge in [-0.1, -0.05) is 0 Å². The number of nitrogens with two attached hydrogens (primary N) is 1. The maximum Gasteiger partial charge on any atom is 0.574 e. The van der Waals surface area contributed by atoms with Gasteiger partial charge in [-0.2, -0.15) is 0 Å². The van der Waals surface area contributed by atoms with E-state index in [9.17, 15) is 23.1 Å². The molecule has 0 unspecified atom stereocenters. The van der Waals surface area contributed by atoms with Gasteiger partial charge in [0.15, 0.2) is 0 Å². The first-order valence-corrected chi connectivity index (χ1v) is 4.55. The van der Waals surface area contributed by atoms with Gasteiger partial charge < -0.3 is 20.3 Å². The first-order chi connectivity index (χ1) is 8.30. The Kier molecular flexibility index (Phi) is 3.96. The van der Waals surface area contributed by atoms with Gasteiger partial charge in [-0.25, -0.2) is 9.78 Å². The quantitative estimate of drug-likeness (QED) is 0.790. The van der Waals surface area contributed by atoms with Gasteiger partial charge in [0, 0.05) is 12.1 Å². The predicted molar refractivity (Wildman–Crippen MR) is 51.8 cm³/mol. The van der Waals surface area contributed by atoms with Crippen LogP contribution in [-0.2, 0) is 11.3 Å². The Bertz CT molecular complexity index is 462. The lowest BCUT2D eigenvalue weighted by atomic mass is 10.1. The molecule has 1 rings (SSSR count). The predicted octanol–water partition coefficient (Wildman–Crippen LogP) is 0.931.